The maximum Gasteiger partial charge on any atom is 0.251 e. The second kappa shape index (κ2) is 6.08. The van der Waals surface area contributed by atoms with Gasteiger partial charge in [0.2, 0.25) is 0 Å². The van der Waals surface area contributed by atoms with Crippen LogP contribution in [0.1, 0.15) is 56.3 Å². The first-order valence-corrected chi connectivity index (χ1v) is 8.31. The summed E-state index contributed by atoms with van der Waals surface area (Å²) in [6.45, 7) is 4.68. The highest BCUT2D eigenvalue weighted by Crippen LogP contribution is 2.31. The highest BCUT2D eigenvalue weighted by atomic mass is 16.1. The fraction of sp³-hybridized carbons (Fsp3) is 0.611. The zero-order valence-electron chi connectivity index (χ0n) is 13.1. The molecule has 0 radical (unpaired) electrons. The minimum Gasteiger partial charge on any atom is -0.382 e. The predicted molar refractivity (Wildman–Crippen MR) is 86.5 cm³/mol. The van der Waals surface area contributed by atoms with Gasteiger partial charge >= 0.3 is 0 Å². The van der Waals surface area contributed by atoms with Crippen LogP contribution >= 0.6 is 0 Å². The molecule has 0 aliphatic heterocycles. The van der Waals surface area contributed by atoms with Crippen molar-refractivity contribution in [2.45, 2.75) is 58.0 Å². The molecular weight excluding hydrogens is 260 g/mol. The van der Waals surface area contributed by atoms with Crippen molar-refractivity contribution < 1.29 is 4.79 Å². The average Bonchev–Trinajstić information content (AvgIpc) is 3.28. The molecule has 1 aromatic carbocycles. The van der Waals surface area contributed by atoms with Gasteiger partial charge in [0.25, 0.3) is 5.91 Å². The summed E-state index contributed by atoms with van der Waals surface area (Å²) in [7, 11) is 0. The number of rotatable bonds is 4. The highest BCUT2D eigenvalue weighted by molar-refractivity contribution is 5.94. The molecule has 2 atom stereocenters. The second-order valence-electron chi connectivity index (χ2n) is 6.88. The van der Waals surface area contributed by atoms with Crippen LogP contribution in [0.3, 0.4) is 0 Å². The number of hydrogen-bond acceptors (Lipinski definition) is 2. The van der Waals surface area contributed by atoms with E-state index in [9.17, 15) is 4.79 Å². The largest absolute Gasteiger partial charge is 0.382 e. The number of carbonyl (C=O) groups is 1. The predicted octanol–water partition coefficient (Wildman–Crippen LogP) is 3.82. The molecule has 3 rings (SSSR count). The summed E-state index contributed by atoms with van der Waals surface area (Å²) >= 11 is 0. The van der Waals surface area contributed by atoms with E-state index in [1.165, 1.54) is 19.3 Å². The van der Waals surface area contributed by atoms with E-state index in [2.05, 4.69) is 24.5 Å². The van der Waals surface area contributed by atoms with Crippen LogP contribution in [0.25, 0.3) is 0 Å². The van der Waals surface area contributed by atoms with Gasteiger partial charge < -0.3 is 10.6 Å². The van der Waals surface area contributed by atoms with Crippen LogP contribution in [0.2, 0.25) is 0 Å². The van der Waals surface area contributed by atoms with Gasteiger partial charge in [0.05, 0.1) is 0 Å². The Morgan fingerprint density at radius 1 is 1.00 bits per heavy atom. The molecule has 2 saturated carbocycles. The van der Waals surface area contributed by atoms with Crippen molar-refractivity contribution in [3.63, 3.8) is 0 Å². The molecule has 2 aliphatic carbocycles. The Kier molecular flexibility index (Phi) is 4.18. The lowest BCUT2D eigenvalue weighted by atomic mass is 9.78. The van der Waals surface area contributed by atoms with Crippen LogP contribution in [0, 0.1) is 11.8 Å². The first kappa shape index (κ1) is 14.4. The summed E-state index contributed by atoms with van der Waals surface area (Å²) in [5, 5.41) is 6.69. The Hall–Kier alpha value is -1.51. The monoisotopic (exact) mass is 286 g/mol. The number of nitrogens with one attached hydrogen (secondary N) is 2. The van der Waals surface area contributed by atoms with Crippen molar-refractivity contribution in [3.8, 4) is 0 Å². The summed E-state index contributed by atoms with van der Waals surface area (Å²) in [6.07, 6.45) is 6.22. The zero-order chi connectivity index (χ0) is 14.8. The van der Waals surface area contributed by atoms with Crippen molar-refractivity contribution in [2.75, 3.05) is 5.32 Å². The fourth-order valence-corrected chi connectivity index (χ4v) is 3.37. The van der Waals surface area contributed by atoms with E-state index in [4.69, 9.17) is 0 Å². The van der Waals surface area contributed by atoms with Crippen LogP contribution in [-0.2, 0) is 0 Å². The second-order valence-corrected chi connectivity index (χ2v) is 6.88. The molecule has 0 bridgehead atoms. The van der Waals surface area contributed by atoms with Gasteiger partial charge in [-0.15, -0.1) is 0 Å². The Labute approximate surface area is 127 Å². The van der Waals surface area contributed by atoms with Crippen molar-refractivity contribution in [2.24, 2.45) is 11.8 Å². The molecule has 0 spiro atoms. The molecule has 0 heterocycles. The third-order valence-corrected chi connectivity index (χ3v) is 4.94. The molecular formula is C18H26N2O. The first-order chi connectivity index (χ1) is 10.1. The van der Waals surface area contributed by atoms with Gasteiger partial charge in [0.1, 0.15) is 0 Å². The van der Waals surface area contributed by atoms with Crippen molar-refractivity contribution >= 4 is 11.6 Å². The third-order valence-electron chi connectivity index (χ3n) is 4.94. The number of carbonyl (C=O) groups excluding carboxylic acids is 1. The van der Waals surface area contributed by atoms with Gasteiger partial charge in [-0.25, -0.2) is 0 Å². The van der Waals surface area contributed by atoms with E-state index in [1.807, 2.05) is 24.3 Å². The summed E-state index contributed by atoms with van der Waals surface area (Å²) in [6, 6.07) is 8.89. The summed E-state index contributed by atoms with van der Waals surface area (Å²) < 4.78 is 0. The minimum absolute atomic E-state index is 0.0588. The van der Waals surface area contributed by atoms with Gasteiger partial charge in [0.15, 0.2) is 0 Å². The maximum atomic E-state index is 12.0. The summed E-state index contributed by atoms with van der Waals surface area (Å²) in [4.78, 5) is 12.0. The Balaban J connectivity index is 1.62. The maximum absolute atomic E-state index is 12.0. The molecule has 0 aromatic heterocycles. The van der Waals surface area contributed by atoms with E-state index in [1.54, 1.807) is 0 Å². The molecule has 2 fully saturated rings. The SMILES string of the molecule is CC1CCCC(C)C1Nc1ccc(C(=O)NC2CC2)cc1. The molecule has 1 amide bonds. The van der Waals surface area contributed by atoms with Gasteiger partial charge in [-0.1, -0.05) is 20.3 Å². The van der Waals surface area contributed by atoms with Crippen molar-refractivity contribution in [3.05, 3.63) is 29.8 Å². The van der Waals surface area contributed by atoms with E-state index in [0.717, 1.165) is 24.1 Å². The number of benzene rings is 1. The van der Waals surface area contributed by atoms with E-state index in [-0.39, 0.29) is 5.91 Å². The van der Waals surface area contributed by atoms with E-state index < -0.39 is 0 Å². The number of amides is 1. The van der Waals surface area contributed by atoms with Crippen LogP contribution in [0.15, 0.2) is 24.3 Å². The number of hydrogen-bond donors (Lipinski definition) is 2. The minimum atomic E-state index is 0.0588. The Bertz CT molecular complexity index is 482. The van der Waals surface area contributed by atoms with Gasteiger partial charge in [-0.05, 0) is 61.8 Å². The highest BCUT2D eigenvalue weighted by Gasteiger charge is 2.27. The molecule has 21 heavy (non-hydrogen) atoms. The Morgan fingerprint density at radius 2 is 1.62 bits per heavy atom. The molecule has 2 aliphatic rings. The Morgan fingerprint density at radius 3 is 2.19 bits per heavy atom. The lowest BCUT2D eigenvalue weighted by Crippen LogP contribution is -2.37. The molecule has 0 saturated heterocycles. The molecule has 3 nitrogen and oxygen atoms in total. The quantitative estimate of drug-likeness (QED) is 0.883. The summed E-state index contributed by atoms with van der Waals surface area (Å²) in [5.41, 5.74) is 1.89. The zero-order valence-corrected chi connectivity index (χ0v) is 13.1. The normalized spacial score (nSPS) is 29.0. The lowest BCUT2D eigenvalue weighted by Gasteiger charge is -2.35. The van der Waals surface area contributed by atoms with Crippen LogP contribution in [0.4, 0.5) is 5.69 Å². The third kappa shape index (κ3) is 3.58. The van der Waals surface area contributed by atoms with Gasteiger partial charge in [0, 0.05) is 23.3 Å². The van der Waals surface area contributed by atoms with Crippen LogP contribution < -0.4 is 10.6 Å². The first-order valence-electron chi connectivity index (χ1n) is 8.31. The van der Waals surface area contributed by atoms with Crippen molar-refractivity contribution in [1.82, 2.24) is 5.32 Å². The van der Waals surface area contributed by atoms with Gasteiger partial charge in [-0.3, -0.25) is 4.79 Å². The molecule has 1 aromatic rings. The van der Waals surface area contributed by atoms with Crippen molar-refractivity contribution in [1.29, 1.82) is 0 Å². The number of anilines is 1. The van der Waals surface area contributed by atoms with E-state index in [0.29, 0.717) is 23.9 Å². The lowest BCUT2D eigenvalue weighted by molar-refractivity contribution is 0.0951. The fourth-order valence-electron chi connectivity index (χ4n) is 3.37. The van der Waals surface area contributed by atoms with Gasteiger partial charge in [-0.2, -0.15) is 0 Å². The van der Waals surface area contributed by atoms with Crippen LogP contribution in [-0.4, -0.2) is 18.0 Å². The summed E-state index contributed by atoms with van der Waals surface area (Å²) in [5.74, 6) is 1.49. The molecule has 2 N–H and O–H groups in total. The molecule has 2 unspecified atom stereocenters. The topological polar surface area (TPSA) is 41.1 Å². The smallest absolute Gasteiger partial charge is 0.251 e. The van der Waals surface area contributed by atoms with Crippen LogP contribution in [0.5, 0.6) is 0 Å². The van der Waals surface area contributed by atoms with E-state index >= 15 is 0 Å². The molecule has 3 heteroatoms. The average molecular weight is 286 g/mol. The molecule has 114 valence electrons. The standard InChI is InChI=1S/C18H26N2O/c1-12-4-3-5-13(2)17(12)19-15-8-6-14(7-9-15)18(21)20-16-10-11-16/h6-9,12-13,16-17,19H,3-5,10-11H2,1-2H3,(H,20,21).